The monoisotopic (exact) mass is 490 g/mol. The van der Waals surface area contributed by atoms with Crippen LogP contribution in [0.15, 0.2) is 36.7 Å². The first kappa shape index (κ1) is 26.6. The van der Waals surface area contributed by atoms with Gasteiger partial charge in [0.15, 0.2) is 0 Å². The summed E-state index contributed by atoms with van der Waals surface area (Å²) in [5, 5.41) is 3.31. The molecule has 4 heterocycles. The summed E-state index contributed by atoms with van der Waals surface area (Å²) in [5.41, 5.74) is -0.485. The van der Waals surface area contributed by atoms with E-state index in [1.165, 1.54) is 24.5 Å². The van der Waals surface area contributed by atoms with Crippen LogP contribution in [0.1, 0.15) is 33.6 Å². The van der Waals surface area contributed by atoms with Crippen molar-refractivity contribution in [3.8, 4) is 0 Å². The Morgan fingerprint density at radius 1 is 0.829 bits per heavy atom. The Morgan fingerprint density at radius 3 is 2.00 bits per heavy atom. The lowest BCUT2D eigenvalue weighted by atomic mass is 10.2. The molecule has 4 rings (SSSR count). The molecule has 0 radical (unpaired) electrons. The van der Waals surface area contributed by atoms with Crippen molar-refractivity contribution < 1.29 is 18.3 Å². The molecule has 0 unspecified atom stereocenters. The summed E-state index contributed by atoms with van der Waals surface area (Å²) in [6.45, 7) is 12.2. The summed E-state index contributed by atoms with van der Waals surface area (Å²) in [4.78, 5) is 26.2. The lowest BCUT2D eigenvalue weighted by Crippen LogP contribution is -2.39. The smallest absolute Gasteiger partial charge is 0.410 e. The molecular weight excluding hydrogens is 454 g/mol. The molecule has 1 amide bonds. The summed E-state index contributed by atoms with van der Waals surface area (Å²) in [7, 11) is 0. The fourth-order valence-electron chi connectivity index (χ4n) is 3.84. The molecule has 0 aliphatic carbocycles. The van der Waals surface area contributed by atoms with Crippen molar-refractivity contribution in [3.05, 3.63) is 48.3 Å². The molecule has 35 heavy (non-hydrogen) atoms. The molecule has 2 saturated heterocycles. The Morgan fingerprint density at radius 2 is 1.43 bits per heavy atom. The Kier molecular flexibility index (Phi) is 9.59. The number of ether oxygens (including phenoxy) is 1. The van der Waals surface area contributed by atoms with Crippen molar-refractivity contribution in [1.82, 2.24) is 20.2 Å². The van der Waals surface area contributed by atoms with Gasteiger partial charge in [0.25, 0.3) is 0 Å². The Bertz CT molecular complexity index is 913. The minimum Gasteiger partial charge on any atom is -0.444 e. The lowest BCUT2D eigenvalue weighted by molar-refractivity contribution is 0.0263. The molecule has 2 aromatic heterocycles. The fraction of sp³-hybridized carbons (Fsp3) is 0.560. The highest BCUT2D eigenvalue weighted by Crippen LogP contribution is 2.16. The van der Waals surface area contributed by atoms with Crippen LogP contribution in [0.5, 0.6) is 0 Å². The van der Waals surface area contributed by atoms with E-state index in [0.717, 1.165) is 57.2 Å². The van der Waals surface area contributed by atoms with Crippen LogP contribution in [0.3, 0.4) is 0 Å². The molecular formula is C25H36F2N6O2. The van der Waals surface area contributed by atoms with Gasteiger partial charge in [-0.25, -0.2) is 23.5 Å². The Hall–Kier alpha value is -3.01. The Balaban J connectivity index is 0.000000211. The van der Waals surface area contributed by atoms with E-state index in [1.807, 2.05) is 20.8 Å². The van der Waals surface area contributed by atoms with Crippen LogP contribution >= 0.6 is 0 Å². The third kappa shape index (κ3) is 8.93. The van der Waals surface area contributed by atoms with Crippen molar-refractivity contribution >= 4 is 17.7 Å². The van der Waals surface area contributed by atoms with Gasteiger partial charge in [0.05, 0.1) is 12.4 Å². The molecule has 0 bridgehead atoms. The number of anilines is 2. The van der Waals surface area contributed by atoms with Crippen molar-refractivity contribution in [2.45, 2.75) is 39.2 Å². The van der Waals surface area contributed by atoms with Gasteiger partial charge in [0, 0.05) is 45.8 Å². The number of halogens is 2. The topological polar surface area (TPSA) is 73.8 Å². The molecule has 8 nitrogen and oxygen atoms in total. The zero-order chi connectivity index (χ0) is 25.3. The molecule has 192 valence electrons. The molecule has 0 saturated carbocycles. The summed E-state index contributed by atoms with van der Waals surface area (Å²) < 4.78 is 30.9. The van der Waals surface area contributed by atoms with Crippen LogP contribution in [0.25, 0.3) is 0 Å². The molecule has 0 spiro atoms. The number of aromatic nitrogens is 2. The zero-order valence-corrected chi connectivity index (χ0v) is 20.8. The van der Waals surface area contributed by atoms with Gasteiger partial charge in [0.2, 0.25) is 0 Å². The second-order valence-corrected chi connectivity index (χ2v) is 9.57. The number of pyridine rings is 2. The maximum atomic E-state index is 12.9. The van der Waals surface area contributed by atoms with Crippen molar-refractivity contribution in [3.63, 3.8) is 0 Å². The fourth-order valence-corrected chi connectivity index (χ4v) is 3.84. The molecule has 2 aliphatic heterocycles. The van der Waals surface area contributed by atoms with Gasteiger partial charge < -0.3 is 24.8 Å². The van der Waals surface area contributed by atoms with Gasteiger partial charge in [0.1, 0.15) is 28.9 Å². The minimum absolute atomic E-state index is 0.276. The maximum absolute atomic E-state index is 12.9. The van der Waals surface area contributed by atoms with Gasteiger partial charge in [-0.2, -0.15) is 0 Å². The quantitative estimate of drug-likeness (QED) is 0.688. The van der Waals surface area contributed by atoms with Gasteiger partial charge in [-0.15, -0.1) is 0 Å². The maximum Gasteiger partial charge on any atom is 0.410 e. The summed E-state index contributed by atoms with van der Waals surface area (Å²) in [5.74, 6) is 0.989. The SMILES string of the molecule is CC(C)(C)OC(=O)N1CCCN(c2ccc(F)cn2)CC1.Fc1ccc(N2CCCNCC2)nc1. The van der Waals surface area contributed by atoms with E-state index >= 15 is 0 Å². The first-order chi connectivity index (χ1) is 16.7. The molecule has 2 fully saturated rings. The first-order valence-corrected chi connectivity index (χ1v) is 12.1. The lowest BCUT2D eigenvalue weighted by Gasteiger charge is -2.26. The van der Waals surface area contributed by atoms with E-state index in [-0.39, 0.29) is 17.7 Å². The molecule has 0 aromatic carbocycles. The van der Waals surface area contributed by atoms with E-state index < -0.39 is 5.60 Å². The van der Waals surface area contributed by atoms with E-state index in [9.17, 15) is 13.6 Å². The van der Waals surface area contributed by atoms with Crippen LogP contribution in [0.2, 0.25) is 0 Å². The van der Waals surface area contributed by atoms with Gasteiger partial charge in [-0.1, -0.05) is 0 Å². The van der Waals surface area contributed by atoms with E-state index in [4.69, 9.17) is 4.74 Å². The first-order valence-electron chi connectivity index (χ1n) is 12.1. The van der Waals surface area contributed by atoms with Gasteiger partial charge >= 0.3 is 6.09 Å². The number of amides is 1. The number of carbonyl (C=O) groups is 1. The van der Waals surface area contributed by atoms with Crippen LogP contribution in [0.4, 0.5) is 25.2 Å². The number of hydrogen-bond donors (Lipinski definition) is 1. The van der Waals surface area contributed by atoms with Crippen LogP contribution in [0, 0.1) is 11.6 Å². The largest absolute Gasteiger partial charge is 0.444 e. The van der Waals surface area contributed by atoms with Crippen LogP contribution in [-0.2, 0) is 4.74 Å². The summed E-state index contributed by atoms with van der Waals surface area (Å²) >= 11 is 0. The normalized spacial score (nSPS) is 17.1. The summed E-state index contributed by atoms with van der Waals surface area (Å²) in [6, 6.07) is 6.26. The highest BCUT2D eigenvalue weighted by Gasteiger charge is 2.24. The van der Waals surface area contributed by atoms with Crippen LogP contribution < -0.4 is 15.1 Å². The van der Waals surface area contributed by atoms with Gasteiger partial charge in [-0.3, -0.25) is 0 Å². The predicted octanol–water partition coefficient (Wildman–Crippen LogP) is 3.69. The average molecular weight is 491 g/mol. The van der Waals surface area contributed by atoms with E-state index in [1.54, 1.807) is 17.0 Å². The summed E-state index contributed by atoms with van der Waals surface area (Å²) in [6.07, 6.45) is 4.15. The number of nitrogens with zero attached hydrogens (tertiary/aromatic N) is 5. The number of rotatable bonds is 2. The van der Waals surface area contributed by atoms with Crippen LogP contribution in [-0.4, -0.2) is 78.9 Å². The second kappa shape index (κ2) is 12.6. The molecule has 10 heteroatoms. The van der Waals surface area contributed by atoms with Gasteiger partial charge in [-0.05, 0) is 64.4 Å². The highest BCUT2D eigenvalue weighted by atomic mass is 19.1. The molecule has 1 N–H and O–H groups in total. The third-order valence-corrected chi connectivity index (χ3v) is 5.56. The van der Waals surface area contributed by atoms with Crippen molar-refractivity contribution in [2.24, 2.45) is 0 Å². The highest BCUT2D eigenvalue weighted by molar-refractivity contribution is 5.68. The minimum atomic E-state index is -0.485. The van der Waals surface area contributed by atoms with E-state index in [2.05, 4.69) is 25.1 Å². The predicted molar refractivity (Wildman–Crippen MR) is 133 cm³/mol. The molecule has 2 aliphatic rings. The standard InChI is InChI=1S/C15H22FN3O2.C10H14FN3/c1-15(2,3)21-14(20)19-8-4-7-18(9-10-19)13-6-5-12(16)11-17-13;11-9-2-3-10(13-8-9)14-6-1-4-12-5-7-14/h5-6,11H,4,7-10H2,1-3H3;2-3,8,12H,1,4-7H2. The van der Waals surface area contributed by atoms with Crippen molar-refractivity contribution in [1.29, 1.82) is 0 Å². The third-order valence-electron chi connectivity index (χ3n) is 5.56. The van der Waals surface area contributed by atoms with E-state index in [0.29, 0.717) is 19.6 Å². The second-order valence-electron chi connectivity index (χ2n) is 9.57. The number of carbonyl (C=O) groups excluding carboxylic acids is 1. The number of hydrogen-bond acceptors (Lipinski definition) is 7. The Labute approximate surface area is 206 Å². The average Bonchev–Trinajstić information content (AvgIpc) is 3.23. The molecule has 0 atom stereocenters. The van der Waals surface area contributed by atoms with Crippen molar-refractivity contribution in [2.75, 3.05) is 62.2 Å². The zero-order valence-electron chi connectivity index (χ0n) is 20.8. The number of nitrogens with one attached hydrogen (secondary N) is 1. The molecule has 2 aromatic rings.